The number of thiophene rings is 1. The molecule has 4 N–H and O–H groups in total. The minimum Gasteiger partial charge on any atom is -0.454 e. The smallest absolute Gasteiger partial charge is 0.325 e. The van der Waals surface area contributed by atoms with Crippen LogP contribution in [0.1, 0.15) is 37.6 Å². The molecule has 146 valence electrons. The van der Waals surface area contributed by atoms with Gasteiger partial charge in [0.2, 0.25) is 0 Å². The SMILES string of the molecule is NC(=O)c1c(NC(=O)COC(=O)CNC(=O)c2ccccc2)sc2c1CCC2. The van der Waals surface area contributed by atoms with Crippen molar-refractivity contribution >= 4 is 40.0 Å². The summed E-state index contributed by atoms with van der Waals surface area (Å²) >= 11 is 1.32. The van der Waals surface area contributed by atoms with Crippen LogP contribution in [0.2, 0.25) is 0 Å². The maximum atomic E-state index is 12.1. The Bertz CT molecular complexity index is 923. The highest BCUT2D eigenvalue weighted by molar-refractivity contribution is 7.17. The lowest BCUT2D eigenvalue weighted by Gasteiger charge is -2.08. The first-order valence-corrected chi connectivity index (χ1v) is 9.50. The predicted octanol–water partition coefficient (Wildman–Crippen LogP) is 1.25. The van der Waals surface area contributed by atoms with Crippen molar-refractivity contribution in [1.29, 1.82) is 0 Å². The molecule has 1 aromatic carbocycles. The van der Waals surface area contributed by atoms with Crippen LogP contribution < -0.4 is 16.4 Å². The van der Waals surface area contributed by atoms with Crippen molar-refractivity contribution in [2.75, 3.05) is 18.5 Å². The van der Waals surface area contributed by atoms with Crippen molar-refractivity contribution in [2.24, 2.45) is 5.73 Å². The number of nitrogens with one attached hydrogen (secondary N) is 2. The van der Waals surface area contributed by atoms with Crippen LogP contribution in [0.25, 0.3) is 0 Å². The Morgan fingerprint density at radius 3 is 2.57 bits per heavy atom. The molecule has 0 aliphatic heterocycles. The number of aryl methyl sites for hydroxylation is 1. The zero-order valence-corrected chi connectivity index (χ0v) is 15.8. The fourth-order valence-electron chi connectivity index (χ4n) is 2.96. The standard InChI is InChI=1S/C19H19N3O5S/c20-17(25)16-12-7-4-8-13(12)28-19(16)22-14(23)10-27-15(24)9-21-18(26)11-5-2-1-3-6-11/h1-3,5-6H,4,7-10H2,(H2,20,25)(H,21,26)(H,22,23). The summed E-state index contributed by atoms with van der Waals surface area (Å²) in [5.74, 6) is -2.33. The van der Waals surface area contributed by atoms with E-state index in [1.54, 1.807) is 30.3 Å². The number of esters is 1. The molecule has 0 spiro atoms. The van der Waals surface area contributed by atoms with E-state index < -0.39 is 30.3 Å². The summed E-state index contributed by atoms with van der Waals surface area (Å²) in [6.07, 6.45) is 2.57. The van der Waals surface area contributed by atoms with Crippen LogP contribution in [0.3, 0.4) is 0 Å². The quantitative estimate of drug-likeness (QED) is 0.602. The molecule has 8 nitrogen and oxygen atoms in total. The summed E-state index contributed by atoms with van der Waals surface area (Å²) in [6, 6.07) is 8.41. The lowest BCUT2D eigenvalue weighted by Crippen LogP contribution is -2.32. The second kappa shape index (κ2) is 8.66. The molecule has 0 radical (unpaired) electrons. The number of amides is 3. The summed E-state index contributed by atoms with van der Waals surface area (Å²) in [4.78, 5) is 48.4. The number of rotatable bonds is 7. The average Bonchev–Trinajstić information content (AvgIpc) is 3.25. The van der Waals surface area contributed by atoms with Gasteiger partial charge in [0.05, 0.1) is 5.56 Å². The van der Waals surface area contributed by atoms with Gasteiger partial charge in [0.15, 0.2) is 6.61 Å². The summed E-state index contributed by atoms with van der Waals surface area (Å²) in [5.41, 5.74) is 7.09. The first-order chi connectivity index (χ1) is 13.5. The van der Waals surface area contributed by atoms with Crippen LogP contribution >= 0.6 is 11.3 Å². The number of hydrogen-bond acceptors (Lipinski definition) is 6. The van der Waals surface area contributed by atoms with Gasteiger partial charge in [0.1, 0.15) is 11.5 Å². The Morgan fingerprint density at radius 1 is 1.11 bits per heavy atom. The molecule has 3 amide bonds. The fraction of sp³-hybridized carbons (Fsp3) is 0.263. The zero-order valence-electron chi connectivity index (χ0n) is 14.9. The third-order valence-corrected chi connectivity index (χ3v) is 5.42. The summed E-state index contributed by atoms with van der Waals surface area (Å²) < 4.78 is 4.86. The Hall–Kier alpha value is -3.20. The van der Waals surface area contributed by atoms with E-state index in [1.165, 1.54) is 11.3 Å². The second-order valence-electron chi connectivity index (χ2n) is 6.18. The Kier molecular flexibility index (Phi) is 6.05. The van der Waals surface area contributed by atoms with Gasteiger partial charge in [-0.15, -0.1) is 11.3 Å². The largest absolute Gasteiger partial charge is 0.454 e. The molecule has 0 saturated heterocycles. The van der Waals surface area contributed by atoms with E-state index in [0.29, 0.717) is 16.1 Å². The minimum absolute atomic E-state index is 0.340. The number of benzene rings is 1. The van der Waals surface area contributed by atoms with Crippen molar-refractivity contribution in [1.82, 2.24) is 5.32 Å². The number of ether oxygens (including phenoxy) is 1. The minimum atomic E-state index is -0.747. The molecular weight excluding hydrogens is 382 g/mol. The van der Waals surface area contributed by atoms with Crippen LogP contribution in [0.5, 0.6) is 0 Å². The second-order valence-corrected chi connectivity index (χ2v) is 7.29. The van der Waals surface area contributed by atoms with Gasteiger partial charge in [-0.1, -0.05) is 18.2 Å². The Morgan fingerprint density at radius 2 is 1.86 bits per heavy atom. The molecule has 3 rings (SSSR count). The molecule has 1 heterocycles. The van der Waals surface area contributed by atoms with Crippen molar-refractivity contribution in [3.63, 3.8) is 0 Å². The van der Waals surface area contributed by atoms with Crippen LogP contribution in [0, 0.1) is 0 Å². The number of fused-ring (bicyclic) bond motifs is 1. The summed E-state index contributed by atoms with van der Waals surface area (Å²) in [7, 11) is 0. The highest BCUT2D eigenvalue weighted by Gasteiger charge is 2.26. The topological polar surface area (TPSA) is 128 Å². The number of carbonyl (C=O) groups excluding carboxylic acids is 4. The number of primary amides is 1. The number of hydrogen-bond donors (Lipinski definition) is 3. The van der Waals surface area contributed by atoms with Gasteiger partial charge >= 0.3 is 5.97 Å². The molecular formula is C19H19N3O5S. The third-order valence-electron chi connectivity index (χ3n) is 4.21. The highest BCUT2D eigenvalue weighted by atomic mass is 32.1. The third kappa shape index (κ3) is 4.55. The molecule has 1 aromatic heterocycles. The van der Waals surface area contributed by atoms with Crippen molar-refractivity contribution in [2.45, 2.75) is 19.3 Å². The molecule has 0 unspecified atom stereocenters. The fourth-order valence-corrected chi connectivity index (χ4v) is 4.27. The van der Waals surface area contributed by atoms with Crippen LogP contribution in [-0.4, -0.2) is 36.8 Å². The van der Waals surface area contributed by atoms with E-state index in [0.717, 1.165) is 29.7 Å². The van der Waals surface area contributed by atoms with E-state index in [9.17, 15) is 19.2 Å². The number of anilines is 1. The van der Waals surface area contributed by atoms with Gasteiger partial charge in [0.25, 0.3) is 17.7 Å². The summed E-state index contributed by atoms with van der Waals surface area (Å²) in [5, 5.41) is 5.38. The molecule has 28 heavy (non-hydrogen) atoms. The zero-order chi connectivity index (χ0) is 20.1. The van der Waals surface area contributed by atoms with E-state index in [2.05, 4.69) is 10.6 Å². The summed E-state index contributed by atoms with van der Waals surface area (Å²) in [6.45, 7) is -0.887. The highest BCUT2D eigenvalue weighted by Crippen LogP contribution is 2.38. The maximum Gasteiger partial charge on any atom is 0.325 e. The van der Waals surface area contributed by atoms with E-state index >= 15 is 0 Å². The molecule has 0 saturated carbocycles. The molecule has 2 aromatic rings. The van der Waals surface area contributed by atoms with Crippen LogP contribution in [0.4, 0.5) is 5.00 Å². The molecule has 1 aliphatic rings. The molecule has 0 bridgehead atoms. The first kappa shape index (κ1) is 19.6. The van der Waals surface area contributed by atoms with Crippen molar-refractivity contribution < 1.29 is 23.9 Å². The maximum absolute atomic E-state index is 12.1. The van der Waals surface area contributed by atoms with Gasteiger partial charge in [-0.25, -0.2) is 0 Å². The van der Waals surface area contributed by atoms with Gasteiger partial charge in [-0.05, 0) is 37.0 Å². The lowest BCUT2D eigenvalue weighted by atomic mass is 10.1. The van der Waals surface area contributed by atoms with Crippen molar-refractivity contribution in [3.05, 3.63) is 51.9 Å². The molecule has 1 aliphatic carbocycles. The average molecular weight is 401 g/mol. The molecule has 0 atom stereocenters. The predicted molar refractivity (Wildman–Crippen MR) is 103 cm³/mol. The molecule has 9 heteroatoms. The lowest BCUT2D eigenvalue weighted by molar-refractivity contribution is -0.146. The van der Waals surface area contributed by atoms with Crippen LogP contribution in [-0.2, 0) is 27.2 Å². The normalized spacial score (nSPS) is 12.1. The van der Waals surface area contributed by atoms with Crippen LogP contribution in [0.15, 0.2) is 30.3 Å². The number of carbonyl (C=O) groups is 4. The van der Waals surface area contributed by atoms with E-state index in [1.807, 2.05) is 0 Å². The monoisotopic (exact) mass is 401 g/mol. The van der Waals surface area contributed by atoms with Gasteiger partial charge in [-0.2, -0.15) is 0 Å². The van der Waals surface area contributed by atoms with Gasteiger partial charge < -0.3 is 21.1 Å². The van der Waals surface area contributed by atoms with Gasteiger partial charge in [-0.3, -0.25) is 19.2 Å². The Balaban J connectivity index is 1.48. The van der Waals surface area contributed by atoms with Gasteiger partial charge in [0, 0.05) is 10.4 Å². The van der Waals surface area contributed by atoms with Crippen molar-refractivity contribution in [3.8, 4) is 0 Å². The van der Waals surface area contributed by atoms with E-state index in [-0.39, 0.29) is 6.54 Å². The van der Waals surface area contributed by atoms with E-state index in [4.69, 9.17) is 10.5 Å². The molecule has 0 fully saturated rings. The first-order valence-electron chi connectivity index (χ1n) is 8.68. The Labute approximate surface area is 165 Å². The number of nitrogens with two attached hydrogens (primary N) is 1.